The highest BCUT2D eigenvalue weighted by Gasteiger charge is 2.34. The Balaban J connectivity index is 1.37. The fourth-order valence-corrected chi connectivity index (χ4v) is 3.96. The van der Waals surface area contributed by atoms with Gasteiger partial charge in [0.2, 0.25) is 6.79 Å². The topological polar surface area (TPSA) is 84.9 Å². The molecule has 0 saturated carbocycles. The number of halogens is 1. The van der Waals surface area contributed by atoms with Gasteiger partial charge in [-0.05, 0) is 59.8 Å². The van der Waals surface area contributed by atoms with Gasteiger partial charge in [-0.15, -0.1) is 0 Å². The number of carbonyl (C=O) groups excluding carboxylic acids is 3. The van der Waals surface area contributed by atoms with Crippen LogP contribution in [0.3, 0.4) is 0 Å². The van der Waals surface area contributed by atoms with E-state index in [9.17, 15) is 14.4 Å². The SMILES string of the molecule is O=C(NCCN1C(=O)S/C(=C\c2ccc3c(c2)OCO3)C1=O)c1ccc(Br)cc1. The van der Waals surface area contributed by atoms with E-state index in [4.69, 9.17) is 9.47 Å². The molecule has 2 heterocycles. The van der Waals surface area contributed by atoms with E-state index in [1.165, 1.54) is 0 Å². The monoisotopic (exact) mass is 474 g/mol. The summed E-state index contributed by atoms with van der Waals surface area (Å²) in [6.07, 6.45) is 1.65. The zero-order chi connectivity index (χ0) is 20.4. The predicted octanol–water partition coefficient (Wildman–Crippen LogP) is 3.64. The molecule has 1 saturated heterocycles. The van der Waals surface area contributed by atoms with Crippen molar-refractivity contribution in [2.45, 2.75) is 0 Å². The van der Waals surface area contributed by atoms with Crippen LogP contribution in [-0.2, 0) is 4.79 Å². The van der Waals surface area contributed by atoms with Crippen molar-refractivity contribution in [1.29, 1.82) is 0 Å². The molecule has 4 rings (SSSR count). The maximum absolute atomic E-state index is 12.6. The summed E-state index contributed by atoms with van der Waals surface area (Å²) in [6, 6.07) is 12.2. The largest absolute Gasteiger partial charge is 0.454 e. The van der Waals surface area contributed by atoms with Crippen LogP contribution in [0.25, 0.3) is 6.08 Å². The van der Waals surface area contributed by atoms with Crippen LogP contribution in [0.15, 0.2) is 51.8 Å². The average molecular weight is 475 g/mol. The first-order valence-electron chi connectivity index (χ1n) is 8.70. The Morgan fingerprint density at radius 3 is 2.69 bits per heavy atom. The molecule has 0 spiro atoms. The minimum Gasteiger partial charge on any atom is -0.454 e. The summed E-state index contributed by atoms with van der Waals surface area (Å²) >= 11 is 4.19. The molecule has 1 fully saturated rings. The third-order valence-corrected chi connectivity index (χ3v) is 5.73. The molecule has 29 heavy (non-hydrogen) atoms. The van der Waals surface area contributed by atoms with Gasteiger partial charge in [0, 0.05) is 23.1 Å². The Morgan fingerprint density at radius 2 is 1.90 bits per heavy atom. The molecule has 2 aromatic rings. The first-order chi connectivity index (χ1) is 14.0. The van der Waals surface area contributed by atoms with Crippen LogP contribution in [-0.4, -0.2) is 41.8 Å². The summed E-state index contributed by atoms with van der Waals surface area (Å²) in [4.78, 5) is 38.4. The van der Waals surface area contributed by atoms with Gasteiger partial charge in [-0.3, -0.25) is 19.3 Å². The fraction of sp³-hybridized carbons (Fsp3) is 0.150. The van der Waals surface area contributed by atoms with E-state index >= 15 is 0 Å². The van der Waals surface area contributed by atoms with Gasteiger partial charge in [0.25, 0.3) is 17.1 Å². The van der Waals surface area contributed by atoms with Gasteiger partial charge in [0.15, 0.2) is 11.5 Å². The zero-order valence-electron chi connectivity index (χ0n) is 15.0. The summed E-state index contributed by atoms with van der Waals surface area (Å²) in [7, 11) is 0. The first kappa shape index (κ1) is 19.5. The summed E-state index contributed by atoms with van der Waals surface area (Å²) in [6.45, 7) is 0.441. The number of imide groups is 1. The maximum atomic E-state index is 12.6. The van der Waals surface area contributed by atoms with Crippen LogP contribution < -0.4 is 14.8 Å². The molecule has 2 aromatic carbocycles. The van der Waals surface area contributed by atoms with E-state index < -0.39 is 0 Å². The minimum absolute atomic E-state index is 0.103. The van der Waals surface area contributed by atoms with Crippen LogP contribution >= 0.6 is 27.7 Å². The highest BCUT2D eigenvalue weighted by molar-refractivity contribution is 9.10. The number of nitrogens with zero attached hydrogens (tertiary/aromatic N) is 1. The van der Waals surface area contributed by atoms with Crippen molar-refractivity contribution < 1.29 is 23.9 Å². The molecule has 2 aliphatic heterocycles. The summed E-state index contributed by atoms with van der Waals surface area (Å²) in [5, 5.41) is 2.36. The smallest absolute Gasteiger partial charge is 0.293 e. The summed E-state index contributed by atoms with van der Waals surface area (Å²) in [5.74, 6) is 0.612. The number of amides is 3. The summed E-state index contributed by atoms with van der Waals surface area (Å²) < 4.78 is 11.5. The highest BCUT2D eigenvalue weighted by Crippen LogP contribution is 2.36. The van der Waals surface area contributed by atoms with Gasteiger partial charge < -0.3 is 14.8 Å². The third kappa shape index (κ3) is 4.30. The second-order valence-corrected chi connectivity index (χ2v) is 8.12. The number of fused-ring (bicyclic) bond motifs is 1. The van der Waals surface area contributed by atoms with Crippen LogP contribution in [0.5, 0.6) is 11.5 Å². The van der Waals surface area contributed by atoms with E-state index in [1.54, 1.807) is 48.5 Å². The van der Waals surface area contributed by atoms with Crippen LogP contribution in [0.4, 0.5) is 4.79 Å². The van der Waals surface area contributed by atoms with Crippen LogP contribution in [0.2, 0.25) is 0 Å². The standard InChI is InChI=1S/C20H15BrN2O5S/c21-14-4-2-13(3-5-14)18(24)22-7-8-23-19(25)17(29-20(23)26)10-12-1-6-15-16(9-12)28-11-27-15/h1-6,9-10H,7-8,11H2,(H,22,24)/b17-10-. The number of hydrogen-bond donors (Lipinski definition) is 1. The lowest BCUT2D eigenvalue weighted by atomic mass is 10.2. The predicted molar refractivity (Wildman–Crippen MR) is 112 cm³/mol. The number of benzene rings is 2. The molecular formula is C20H15BrN2O5S. The molecule has 0 unspecified atom stereocenters. The van der Waals surface area contributed by atoms with Gasteiger partial charge in [0.1, 0.15) is 0 Å². The molecule has 9 heteroatoms. The molecule has 0 aromatic heterocycles. The summed E-state index contributed by atoms with van der Waals surface area (Å²) in [5.41, 5.74) is 1.24. The molecule has 0 aliphatic carbocycles. The van der Waals surface area contributed by atoms with Crippen molar-refractivity contribution in [3.8, 4) is 11.5 Å². The number of carbonyl (C=O) groups is 3. The lowest BCUT2D eigenvalue weighted by Crippen LogP contribution is -2.37. The van der Waals surface area contributed by atoms with Crippen molar-refractivity contribution >= 4 is 50.8 Å². The average Bonchev–Trinajstić information content (AvgIpc) is 3.27. The second kappa shape index (κ2) is 8.30. The highest BCUT2D eigenvalue weighted by atomic mass is 79.9. The van der Waals surface area contributed by atoms with Gasteiger partial charge >= 0.3 is 0 Å². The maximum Gasteiger partial charge on any atom is 0.293 e. The molecule has 7 nitrogen and oxygen atoms in total. The lowest BCUT2D eigenvalue weighted by molar-refractivity contribution is -0.122. The molecule has 0 atom stereocenters. The molecule has 1 N–H and O–H groups in total. The number of ether oxygens (including phenoxy) is 2. The Morgan fingerprint density at radius 1 is 1.14 bits per heavy atom. The Labute approximate surface area is 179 Å². The first-order valence-corrected chi connectivity index (χ1v) is 10.3. The number of nitrogens with one attached hydrogen (secondary N) is 1. The third-order valence-electron chi connectivity index (χ3n) is 4.30. The van der Waals surface area contributed by atoms with E-state index in [0.29, 0.717) is 22.0 Å². The molecule has 3 amide bonds. The van der Waals surface area contributed by atoms with E-state index in [1.807, 2.05) is 0 Å². The van der Waals surface area contributed by atoms with E-state index in [2.05, 4.69) is 21.2 Å². The Hall–Kier alpha value is -2.78. The van der Waals surface area contributed by atoms with Gasteiger partial charge in [0.05, 0.1) is 4.91 Å². The number of hydrogen-bond acceptors (Lipinski definition) is 6. The van der Waals surface area contributed by atoms with E-state index in [-0.39, 0.29) is 36.9 Å². The van der Waals surface area contributed by atoms with Gasteiger partial charge in [-0.2, -0.15) is 0 Å². The van der Waals surface area contributed by atoms with Crippen molar-refractivity contribution in [1.82, 2.24) is 10.2 Å². The van der Waals surface area contributed by atoms with Gasteiger partial charge in [-0.25, -0.2) is 0 Å². The lowest BCUT2D eigenvalue weighted by Gasteiger charge is -2.13. The number of rotatable bonds is 5. The normalized spacial score (nSPS) is 16.6. The number of thioether (sulfide) groups is 1. The van der Waals surface area contributed by atoms with Crippen molar-refractivity contribution in [2.75, 3.05) is 19.9 Å². The van der Waals surface area contributed by atoms with Crippen molar-refractivity contribution in [3.63, 3.8) is 0 Å². The Kier molecular flexibility index (Phi) is 5.59. The van der Waals surface area contributed by atoms with Crippen LogP contribution in [0.1, 0.15) is 15.9 Å². The van der Waals surface area contributed by atoms with Gasteiger partial charge in [-0.1, -0.05) is 22.0 Å². The van der Waals surface area contributed by atoms with Crippen molar-refractivity contribution in [3.05, 3.63) is 63.0 Å². The molecule has 0 radical (unpaired) electrons. The Bertz CT molecular complexity index is 1020. The van der Waals surface area contributed by atoms with E-state index in [0.717, 1.165) is 26.7 Å². The molecular weight excluding hydrogens is 460 g/mol. The zero-order valence-corrected chi connectivity index (χ0v) is 17.4. The fourth-order valence-electron chi connectivity index (χ4n) is 2.83. The minimum atomic E-state index is -0.379. The second-order valence-electron chi connectivity index (χ2n) is 6.21. The molecule has 148 valence electrons. The van der Waals surface area contributed by atoms with Crippen LogP contribution in [0, 0.1) is 0 Å². The molecule has 2 aliphatic rings. The van der Waals surface area contributed by atoms with Crippen molar-refractivity contribution in [2.24, 2.45) is 0 Å². The molecule has 0 bridgehead atoms. The quantitative estimate of drug-likeness (QED) is 0.665.